The van der Waals surface area contributed by atoms with Gasteiger partial charge in [0.2, 0.25) is 0 Å². The zero-order valence-electron chi connectivity index (χ0n) is 11.4. The molecule has 2 aromatic carbocycles. The molecule has 0 aliphatic carbocycles. The van der Waals surface area contributed by atoms with Gasteiger partial charge < -0.3 is 5.32 Å². The van der Waals surface area contributed by atoms with Crippen molar-refractivity contribution in [1.29, 1.82) is 0 Å². The number of rotatable bonds is 4. The third-order valence-corrected chi connectivity index (χ3v) is 3.40. The van der Waals surface area contributed by atoms with Crippen molar-refractivity contribution in [2.75, 3.05) is 0 Å². The van der Waals surface area contributed by atoms with Gasteiger partial charge in [0.25, 0.3) is 5.91 Å². The van der Waals surface area contributed by atoms with E-state index in [1.807, 2.05) is 18.2 Å². The molecular weight excluding hydrogens is 296 g/mol. The molecule has 1 amide bonds. The monoisotopic (exact) mass is 309 g/mol. The summed E-state index contributed by atoms with van der Waals surface area (Å²) in [6, 6.07) is 9.81. The molecule has 0 bridgehead atoms. The quantitative estimate of drug-likeness (QED) is 0.909. The van der Waals surface area contributed by atoms with Crippen LogP contribution in [0.5, 0.6) is 0 Å². The fourth-order valence-corrected chi connectivity index (χ4v) is 2.23. The first-order valence-corrected chi connectivity index (χ1v) is 6.84. The molecule has 21 heavy (non-hydrogen) atoms. The van der Waals surface area contributed by atoms with Crippen LogP contribution in [-0.4, -0.2) is 11.9 Å². The summed E-state index contributed by atoms with van der Waals surface area (Å²) in [6.07, 6.45) is 0.502. The Morgan fingerprint density at radius 3 is 2.67 bits per heavy atom. The summed E-state index contributed by atoms with van der Waals surface area (Å²) in [7, 11) is 0. The Labute approximate surface area is 126 Å². The smallest absolute Gasteiger partial charge is 0.254 e. The van der Waals surface area contributed by atoms with E-state index in [1.165, 1.54) is 0 Å². The van der Waals surface area contributed by atoms with Crippen LogP contribution in [0.2, 0.25) is 5.02 Å². The summed E-state index contributed by atoms with van der Waals surface area (Å²) in [5, 5.41) is 3.24. The lowest BCUT2D eigenvalue weighted by atomic mass is 10.1. The fourth-order valence-electron chi connectivity index (χ4n) is 2.02. The van der Waals surface area contributed by atoms with E-state index in [-0.39, 0.29) is 11.6 Å². The van der Waals surface area contributed by atoms with E-state index >= 15 is 0 Å². The van der Waals surface area contributed by atoms with Crippen LogP contribution in [0.3, 0.4) is 0 Å². The fraction of sp³-hybridized carbons (Fsp3) is 0.188. The van der Waals surface area contributed by atoms with Crippen molar-refractivity contribution in [3.63, 3.8) is 0 Å². The van der Waals surface area contributed by atoms with Crippen LogP contribution in [0, 0.1) is 11.6 Å². The van der Waals surface area contributed by atoms with Gasteiger partial charge in [-0.05, 0) is 43.2 Å². The van der Waals surface area contributed by atoms with Gasteiger partial charge in [-0.15, -0.1) is 0 Å². The number of amides is 1. The van der Waals surface area contributed by atoms with Crippen LogP contribution in [0.1, 0.15) is 22.8 Å². The molecule has 0 saturated carbocycles. The predicted octanol–water partition coefficient (Wildman–Crippen LogP) is 3.98. The summed E-state index contributed by atoms with van der Waals surface area (Å²) < 4.78 is 26.6. The van der Waals surface area contributed by atoms with Gasteiger partial charge in [-0.3, -0.25) is 4.79 Å². The number of carbonyl (C=O) groups is 1. The lowest BCUT2D eigenvalue weighted by Crippen LogP contribution is -2.34. The molecule has 0 fully saturated rings. The van der Waals surface area contributed by atoms with Crippen molar-refractivity contribution >= 4 is 17.5 Å². The molecule has 0 aliphatic heterocycles. The highest BCUT2D eigenvalue weighted by atomic mass is 35.5. The van der Waals surface area contributed by atoms with Crippen molar-refractivity contribution in [2.24, 2.45) is 0 Å². The van der Waals surface area contributed by atoms with Crippen LogP contribution in [-0.2, 0) is 6.42 Å². The van der Waals surface area contributed by atoms with Crippen molar-refractivity contribution in [2.45, 2.75) is 19.4 Å². The zero-order chi connectivity index (χ0) is 15.4. The highest BCUT2D eigenvalue weighted by Gasteiger charge is 2.15. The van der Waals surface area contributed by atoms with Crippen LogP contribution in [0.25, 0.3) is 0 Å². The maximum atomic E-state index is 13.5. The number of carbonyl (C=O) groups excluding carboxylic acids is 1. The Hall–Kier alpha value is -1.94. The van der Waals surface area contributed by atoms with Crippen molar-refractivity contribution in [3.8, 4) is 0 Å². The maximum absolute atomic E-state index is 13.5. The molecule has 0 radical (unpaired) electrons. The zero-order valence-corrected chi connectivity index (χ0v) is 12.1. The van der Waals surface area contributed by atoms with Crippen LogP contribution in [0.15, 0.2) is 42.5 Å². The average Bonchev–Trinajstić information content (AvgIpc) is 2.44. The van der Waals surface area contributed by atoms with Crippen molar-refractivity contribution in [3.05, 3.63) is 70.2 Å². The predicted molar refractivity (Wildman–Crippen MR) is 78.4 cm³/mol. The highest BCUT2D eigenvalue weighted by molar-refractivity contribution is 6.31. The summed E-state index contributed by atoms with van der Waals surface area (Å²) in [6.45, 7) is 1.78. The SMILES string of the molecule is CC(Cc1ccccc1Cl)NC(=O)c1cc(F)ccc1F. The number of hydrogen-bond donors (Lipinski definition) is 1. The molecule has 2 aromatic rings. The van der Waals surface area contributed by atoms with Gasteiger partial charge in [-0.2, -0.15) is 0 Å². The Kier molecular flexibility index (Phi) is 4.91. The van der Waals surface area contributed by atoms with E-state index < -0.39 is 17.5 Å². The van der Waals surface area contributed by atoms with Gasteiger partial charge in [0.05, 0.1) is 5.56 Å². The normalized spacial score (nSPS) is 12.0. The number of hydrogen-bond acceptors (Lipinski definition) is 1. The lowest BCUT2D eigenvalue weighted by Gasteiger charge is -2.15. The molecule has 0 spiro atoms. The van der Waals surface area contributed by atoms with Gasteiger partial charge in [-0.1, -0.05) is 29.8 Å². The van der Waals surface area contributed by atoms with E-state index in [9.17, 15) is 13.6 Å². The van der Waals surface area contributed by atoms with Gasteiger partial charge in [0.1, 0.15) is 11.6 Å². The summed E-state index contributed by atoms with van der Waals surface area (Å²) in [5.74, 6) is -2.05. The average molecular weight is 310 g/mol. The number of halogens is 3. The first-order chi connectivity index (χ1) is 9.97. The molecule has 1 atom stereocenters. The first-order valence-electron chi connectivity index (χ1n) is 6.46. The molecule has 0 aromatic heterocycles. The minimum absolute atomic E-state index is 0.264. The molecule has 2 rings (SSSR count). The highest BCUT2D eigenvalue weighted by Crippen LogP contribution is 2.17. The first kappa shape index (κ1) is 15.4. The van der Waals surface area contributed by atoms with Crippen LogP contribution in [0.4, 0.5) is 8.78 Å². The lowest BCUT2D eigenvalue weighted by molar-refractivity contribution is 0.0935. The van der Waals surface area contributed by atoms with Gasteiger partial charge in [0, 0.05) is 11.1 Å². The molecule has 5 heteroatoms. The summed E-state index contributed by atoms with van der Waals surface area (Å²) in [5.41, 5.74) is 0.577. The van der Waals surface area contributed by atoms with E-state index in [1.54, 1.807) is 13.0 Å². The molecule has 0 saturated heterocycles. The van der Waals surface area contributed by atoms with E-state index in [0.29, 0.717) is 11.4 Å². The van der Waals surface area contributed by atoms with E-state index in [2.05, 4.69) is 5.32 Å². The Balaban J connectivity index is 2.06. The maximum Gasteiger partial charge on any atom is 0.254 e. The molecular formula is C16H14ClF2NO. The Morgan fingerprint density at radius 2 is 1.95 bits per heavy atom. The van der Waals surface area contributed by atoms with Gasteiger partial charge in [-0.25, -0.2) is 8.78 Å². The molecule has 1 unspecified atom stereocenters. The van der Waals surface area contributed by atoms with Crippen LogP contribution < -0.4 is 5.32 Å². The standard InChI is InChI=1S/C16H14ClF2NO/c1-10(8-11-4-2-3-5-14(11)17)20-16(21)13-9-12(18)6-7-15(13)19/h2-7,9-10H,8H2,1H3,(H,20,21). The molecule has 0 heterocycles. The number of benzene rings is 2. The van der Waals surface area contributed by atoms with E-state index in [4.69, 9.17) is 11.6 Å². The summed E-state index contributed by atoms with van der Waals surface area (Å²) in [4.78, 5) is 12.0. The van der Waals surface area contributed by atoms with Gasteiger partial charge in [0.15, 0.2) is 0 Å². The Bertz CT molecular complexity index is 660. The second kappa shape index (κ2) is 6.68. The summed E-state index contributed by atoms with van der Waals surface area (Å²) >= 11 is 6.05. The second-order valence-electron chi connectivity index (χ2n) is 4.79. The van der Waals surface area contributed by atoms with Gasteiger partial charge >= 0.3 is 0 Å². The van der Waals surface area contributed by atoms with Crippen molar-refractivity contribution < 1.29 is 13.6 Å². The molecule has 0 aliphatic rings. The Morgan fingerprint density at radius 1 is 1.24 bits per heavy atom. The molecule has 2 nitrogen and oxygen atoms in total. The topological polar surface area (TPSA) is 29.1 Å². The molecule has 110 valence electrons. The second-order valence-corrected chi connectivity index (χ2v) is 5.20. The minimum atomic E-state index is -0.751. The third kappa shape index (κ3) is 4.02. The minimum Gasteiger partial charge on any atom is -0.349 e. The number of nitrogens with one attached hydrogen (secondary N) is 1. The van der Waals surface area contributed by atoms with Crippen molar-refractivity contribution in [1.82, 2.24) is 5.32 Å². The van der Waals surface area contributed by atoms with Crippen LogP contribution >= 0.6 is 11.6 Å². The largest absolute Gasteiger partial charge is 0.349 e. The molecule has 1 N–H and O–H groups in total. The van der Waals surface area contributed by atoms with E-state index in [0.717, 1.165) is 23.8 Å². The third-order valence-electron chi connectivity index (χ3n) is 3.03.